The van der Waals surface area contributed by atoms with Crippen LogP contribution in [0.3, 0.4) is 0 Å². The highest BCUT2D eigenvalue weighted by Gasteiger charge is 2.25. The standard InChI is InChI=1S/C27H30FN3O4S/c1-18-16-22(36(34,35)31-27(2,3)4)14-15-23(18)29-26(33)24(17-19-8-6-5-7-9-19)30-25(32)20-10-12-21(28)13-11-20/h5-16,24,31H,17H2,1-4H3,(H,29,33)(H,30,32)/t24-/m0/s1. The topological polar surface area (TPSA) is 104 Å². The lowest BCUT2D eigenvalue weighted by atomic mass is 10.0. The number of carbonyl (C=O) groups excluding carboxylic acids is 2. The number of amides is 2. The van der Waals surface area contributed by atoms with Gasteiger partial charge in [-0.25, -0.2) is 17.5 Å². The summed E-state index contributed by atoms with van der Waals surface area (Å²) in [4.78, 5) is 26.1. The molecule has 190 valence electrons. The maximum absolute atomic E-state index is 13.3. The molecule has 0 saturated heterocycles. The molecule has 0 saturated carbocycles. The van der Waals surface area contributed by atoms with Crippen LogP contribution in [0.25, 0.3) is 0 Å². The lowest BCUT2D eigenvalue weighted by Crippen LogP contribution is -2.45. The van der Waals surface area contributed by atoms with Crippen LogP contribution in [0.1, 0.15) is 42.3 Å². The van der Waals surface area contributed by atoms with Gasteiger partial charge in [0.25, 0.3) is 5.91 Å². The molecule has 0 aromatic heterocycles. The number of halogens is 1. The van der Waals surface area contributed by atoms with E-state index in [1.54, 1.807) is 27.7 Å². The van der Waals surface area contributed by atoms with Gasteiger partial charge in [0, 0.05) is 23.2 Å². The summed E-state index contributed by atoms with van der Waals surface area (Å²) in [6.45, 7) is 6.94. The van der Waals surface area contributed by atoms with Crippen LogP contribution in [-0.2, 0) is 21.2 Å². The molecule has 3 aromatic carbocycles. The monoisotopic (exact) mass is 511 g/mol. The largest absolute Gasteiger partial charge is 0.340 e. The van der Waals surface area contributed by atoms with E-state index < -0.39 is 39.2 Å². The highest BCUT2D eigenvalue weighted by atomic mass is 32.2. The van der Waals surface area contributed by atoms with E-state index in [1.165, 1.54) is 42.5 Å². The second-order valence-corrected chi connectivity index (χ2v) is 11.2. The highest BCUT2D eigenvalue weighted by Crippen LogP contribution is 2.21. The SMILES string of the molecule is Cc1cc(S(=O)(=O)NC(C)(C)C)ccc1NC(=O)[C@H](Cc1ccccc1)NC(=O)c1ccc(F)cc1. The first-order valence-corrected chi connectivity index (χ1v) is 12.9. The van der Waals surface area contributed by atoms with E-state index in [0.717, 1.165) is 5.56 Å². The van der Waals surface area contributed by atoms with Gasteiger partial charge in [0.1, 0.15) is 11.9 Å². The van der Waals surface area contributed by atoms with Crippen LogP contribution in [0.4, 0.5) is 10.1 Å². The number of rotatable bonds is 8. The lowest BCUT2D eigenvalue weighted by molar-refractivity contribution is -0.118. The minimum atomic E-state index is -3.74. The number of anilines is 1. The van der Waals surface area contributed by atoms with E-state index in [0.29, 0.717) is 11.3 Å². The van der Waals surface area contributed by atoms with E-state index in [1.807, 2.05) is 30.3 Å². The van der Waals surface area contributed by atoms with Crippen molar-refractivity contribution in [3.63, 3.8) is 0 Å². The Morgan fingerprint density at radius 3 is 2.17 bits per heavy atom. The number of benzene rings is 3. The average Bonchev–Trinajstić information content (AvgIpc) is 2.79. The van der Waals surface area contributed by atoms with Gasteiger partial charge in [0.2, 0.25) is 15.9 Å². The predicted octanol–water partition coefficient (Wildman–Crippen LogP) is 4.19. The molecule has 3 aromatic rings. The molecular formula is C27H30FN3O4S. The van der Waals surface area contributed by atoms with Crippen molar-refractivity contribution in [3.05, 3.63) is 95.3 Å². The van der Waals surface area contributed by atoms with Crippen LogP contribution >= 0.6 is 0 Å². The fourth-order valence-corrected chi connectivity index (χ4v) is 5.03. The molecule has 9 heteroatoms. The second kappa shape index (κ2) is 11.0. The van der Waals surface area contributed by atoms with Crippen LogP contribution in [0.2, 0.25) is 0 Å². The van der Waals surface area contributed by atoms with Gasteiger partial charge in [-0.15, -0.1) is 0 Å². The van der Waals surface area contributed by atoms with Crippen LogP contribution in [0.15, 0.2) is 77.7 Å². The van der Waals surface area contributed by atoms with E-state index in [-0.39, 0.29) is 16.9 Å². The summed E-state index contributed by atoms with van der Waals surface area (Å²) in [6.07, 6.45) is 0.223. The number of hydrogen-bond donors (Lipinski definition) is 3. The Morgan fingerprint density at radius 1 is 0.944 bits per heavy atom. The maximum atomic E-state index is 13.3. The van der Waals surface area contributed by atoms with Crippen molar-refractivity contribution >= 4 is 27.5 Å². The van der Waals surface area contributed by atoms with Gasteiger partial charge >= 0.3 is 0 Å². The van der Waals surface area contributed by atoms with Gasteiger partial charge in [-0.1, -0.05) is 30.3 Å². The zero-order valence-corrected chi connectivity index (χ0v) is 21.4. The summed E-state index contributed by atoms with van der Waals surface area (Å²) in [5, 5.41) is 5.52. The minimum absolute atomic E-state index is 0.0818. The molecule has 0 aliphatic carbocycles. The van der Waals surface area contributed by atoms with Gasteiger partial charge in [-0.2, -0.15) is 0 Å². The zero-order valence-electron chi connectivity index (χ0n) is 20.6. The summed E-state index contributed by atoms with van der Waals surface area (Å²) in [6, 6.07) is 17.7. The van der Waals surface area contributed by atoms with Crippen molar-refractivity contribution in [2.45, 2.75) is 50.6 Å². The number of hydrogen-bond acceptors (Lipinski definition) is 4. The van der Waals surface area contributed by atoms with E-state index in [4.69, 9.17) is 0 Å². The van der Waals surface area contributed by atoms with Crippen LogP contribution in [0, 0.1) is 12.7 Å². The molecule has 3 rings (SSSR count). The van der Waals surface area contributed by atoms with Gasteiger partial charge in [0.15, 0.2) is 0 Å². The third kappa shape index (κ3) is 7.47. The van der Waals surface area contributed by atoms with Gasteiger partial charge in [-0.3, -0.25) is 9.59 Å². The molecule has 36 heavy (non-hydrogen) atoms. The minimum Gasteiger partial charge on any atom is -0.340 e. The second-order valence-electron chi connectivity index (χ2n) is 9.54. The Hall–Kier alpha value is -3.56. The number of carbonyl (C=O) groups is 2. The first-order valence-electron chi connectivity index (χ1n) is 11.4. The zero-order chi connectivity index (χ0) is 26.5. The normalized spacial score (nSPS) is 12.6. The first-order chi connectivity index (χ1) is 16.8. The van der Waals surface area contributed by atoms with Crippen molar-refractivity contribution in [1.29, 1.82) is 0 Å². The van der Waals surface area contributed by atoms with Crippen molar-refractivity contribution in [1.82, 2.24) is 10.0 Å². The Bertz CT molecular complexity index is 1340. The predicted molar refractivity (Wildman–Crippen MR) is 138 cm³/mol. The molecule has 0 spiro atoms. The molecular weight excluding hydrogens is 481 g/mol. The molecule has 0 radical (unpaired) electrons. The Morgan fingerprint density at radius 2 is 1.58 bits per heavy atom. The van der Waals surface area contributed by atoms with Crippen LogP contribution in [0.5, 0.6) is 0 Å². The fourth-order valence-electron chi connectivity index (χ4n) is 3.53. The molecule has 7 nitrogen and oxygen atoms in total. The number of aryl methyl sites for hydroxylation is 1. The van der Waals surface area contributed by atoms with Crippen molar-refractivity contribution in [2.75, 3.05) is 5.32 Å². The lowest BCUT2D eigenvalue weighted by Gasteiger charge is -2.21. The van der Waals surface area contributed by atoms with E-state index >= 15 is 0 Å². The molecule has 0 aliphatic heterocycles. The third-order valence-electron chi connectivity index (χ3n) is 5.22. The molecule has 0 fully saturated rings. The summed E-state index contributed by atoms with van der Waals surface area (Å²) in [5.41, 5.74) is 1.38. The molecule has 0 heterocycles. The van der Waals surface area contributed by atoms with Crippen LogP contribution < -0.4 is 15.4 Å². The third-order valence-corrected chi connectivity index (χ3v) is 6.97. The molecule has 3 N–H and O–H groups in total. The molecule has 0 unspecified atom stereocenters. The van der Waals surface area contributed by atoms with Crippen molar-refractivity contribution in [2.24, 2.45) is 0 Å². The van der Waals surface area contributed by atoms with Gasteiger partial charge in [0.05, 0.1) is 4.90 Å². The van der Waals surface area contributed by atoms with E-state index in [2.05, 4.69) is 15.4 Å². The van der Waals surface area contributed by atoms with E-state index in [9.17, 15) is 22.4 Å². The Labute approximate surface area is 211 Å². The summed E-state index contributed by atoms with van der Waals surface area (Å²) in [5.74, 6) is -1.46. The Balaban J connectivity index is 1.82. The van der Waals surface area contributed by atoms with Crippen molar-refractivity contribution < 1.29 is 22.4 Å². The van der Waals surface area contributed by atoms with Crippen LogP contribution in [-0.4, -0.2) is 31.8 Å². The van der Waals surface area contributed by atoms with Gasteiger partial charge < -0.3 is 10.6 Å². The molecule has 0 aliphatic rings. The van der Waals surface area contributed by atoms with Gasteiger partial charge in [-0.05, 0) is 81.3 Å². The average molecular weight is 512 g/mol. The smallest absolute Gasteiger partial charge is 0.251 e. The fraction of sp³-hybridized carbons (Fsp3) is 0.259. The first kappa shape index (κ1) is 27.0. The highest BCUT2D eigenvalue weighted by molar-refractivity contribution is 7.89. The maximum Gasteiger partial charge on any atom is 0.251 e. The Kier molecular flexibility index (Phi) is 8.27. The summed E-state index contributed by atoms with van der Waals surface area (Å²) < 4.78 is 41.2. The van der Waals surface area contributed by atoms with Crippen molar-refractivity contribution in [3.8, 4) is 0 Å². The molecule has 0 bridgehead atoms. The number of nitrogens with one attached hydrogen (secondary N) is 3. The quantitative estimate of drug-likeness (QED) is 0.422. The molecule has 1 atom stereocenters. The summed E-state index contributed by atoms with van der Waals surface area (Å²) >= 11 is 0. The number of sulfonamides is 1. The molecule has 2 amide bonds. The summed E-state index contributed by atoms with van der Waals surface area (Å²) in [7, 11) is -3.74.